The molecule has 0 heterocycles. The summed E-state index contributed by atoms with van der Waals surface area (Å²) >= 11 is 0. The third-order valence-corrected chi connectivity index (χ3v) is 5.63. The van der Waals surface area contributed by atoms with Gasteiger partial charge in [0.2, 0.25) is 0 Å². The molecule has 4 nitrogen and oxygen atoms in total. The molecule has 0 amide bonds. The van der Waals surface area contributed by atoms with E-state index in [1.54, 1.807) is 0 Å². The fourth-order valence-corrected chi connectivity index (χ4v) is 3.98. The zero-order valence-electron chi connectivity index (χ0n) is 17.0. The molecule has 0 atom stereocenters. The second kappa shape index (κ2) is 7.68. The third kappa shape index (κ3) is 3.48. The van der Waals surface area contributed by atoms with Crippen LogP contribution in [0, 0.1) is 0 Å². The number of nitrogens with two attached hydrogens (primary N) is 2. The van der Waals surface area contributed by atoms with Crippen molar-refractivity contribution in [2.45, 2.75) is 35.9 Å². The van der Waals surface area contributed by atoms with Gasteiger partial charge in [-0.2, -0.15) is 52.7 Å². The number of nitrogen functional groups attached to an aromatic ring is 2. The van der Waals surface area contributed by atoms with Crippen LogP contribution in [0.1, 0.15) is 11.1 Å². The first-order valence-electron chi connectivity index (χ1n) is 9.28. The van der Waals surface area contributed by atoms with Crippen LogP contribution in [0.5, 0.6) is 0 Å². The van der Waals surface area contributed by atoms with Crippen molar-refractivity contribution in [2.24, 2.45) is 0 Å². The summed E-state index contributed by atoms with van der Waals surface area (Å²) < 4.78 is 165. The van der Waals surface area contributed by atoms with Crippen LogP contribution in [0.2, 0.25) is 0 Å². The number of halogens is 12. The van der Waals surface area contributed by atoms with Crippen LogP contribution in [0.15, 0.2) is 36.4 Å². The molecule has 0 saturated heterocycles. The van der Waals surface area contributed by atoms with Gasteiger partial charge >= 0.3 is 24.7 Å². The Labute approximate surface area is 191 Å². The van der Waals surface area contributed by atoms with Crippen molar-refractivity contribution in [3.05, 3.63) is 47.5 Å². The third-order valence-electron chi connectivity index (χ3n) is 5.63. The summed E-state index contributed by atoms with van der Waals surface area (Å²) in [6, 6.07) is 4.78. The second-order valence-corrected chi connectivity index (χ2v) is 7.70. The van der Waals surface area contributed by atoms with E-state index in [0.717, 1.165) is 24.3 Å². The molecule has 0 spiro atoms. The van der Waals surface area contributed by atoms with Crippen molar-refractivity contribution in [3.63, 3.8) is 0 Å². The van der Waals surface area contributed by atoms with Crippen LogP contribution >= 0.6 is 0 Å². The lowest BCUT2D eigenvalue weighted by molar-refractivity contribution is -0.376. The number of aliphatic hydroxyl groups is 2. The molecule has 0 aliphatic carbocycles. The first kappa shape index (κ1) is 27.4. The highest BCUT2D eigenvalue weighted by molar-refractivity contribution is 6.17. The van der Waals surface area contributed by atoms with Crippen molar-refractivity contribution in [3.8, 4) is 0 Å². The Hall–Kier alpha value is -3.14. The van der Waals surface area contributed by atoms with Crippen LogP contribution in [0.3, 0.4) is 0 Å². The van der Waals surface area contributed by atoms with E-state index in [9.17, 15) is 62.9 Å². The number of hydrogen-bond acceptors (Lipinski definition) is 4. The minimum atomic E-state index is -6.77. The van der Waals surface area contributed by atoms with Crippen molar-refractivity contribution in [1.29, 1.82) is 0 Å². The Morgan fingerprint density at radius 2 is 0.889 bits per heavy atom. The van der Waals surface area contributed by atoms with Gasteiger partial charge in [-0.05, 0) is 16.8 Å². The number of rotatable bonds is 2. The molecule has 0 aliphatic rings. The first-order valence-corrected chi connectivity index (χ1v) is 9.28. The normalized spacial score (nSPS) is 14.6. The van der Waals surface area contributed by atoms with E-state index in [4.69, 9.17) is 11.5 Å². The fourth-order valence-electron chi connectivity index (χ4n) is 3.98. The number of benzene rings is 3. The van der Waals surface area contributed by atoms with Crippen LogP contribution in [-0.2, 0) is 11.2 Å². The van der Waals surface area contributed by atoms with Gasteiger partial charge in [0.25, 0.3) is 11.2 Å². The minimum Gasteiger partial charge on any atom is -0.398 e. The Morgan fingerprint density at radius 3 is 1.31 bits per heavy atom. The number of fused-ring (bicyclic) bond motifs is 3. The Balaban J connectivity index is 2.87. The summed E-state index contributed by atoms with van der Waals surface area (Å²) in [4.78, 5) is 0. The maximum absolute atomic E-state index is 13.8. The van der Waals surface area contributed by atoms with Crippen LogP contribution in [0.4, 0.5) is 64.1 Å². The number of alkyl halides is 12. The summed E-state index contributed by atoms with van der Waals surface area (Å²) in [6.07, 6.45) is -27.1. The van der Waals surface area contributed by atoms with Crippen LogP contribution < -0.4 is 11.5 Å². The highest BCUT2D eigenvalue weighted by Crippen LogP contribution is 2.59. The molecule has 3 rings (SSSR count). The van der Waals surface area contributed by atoms with Crippen LogP contribution in [0.25, 0.3) is 21.5 Å². The zero-order chi connectivity index (χ0) is 27.9. The topological polar surface area (TPSA) is 92.5 Å². The lowest BCUT2D eigenvalue weighted by atomic mass is 9.77. The molecule has 198 valence electrons. The van der Waals surface area contributed by atoms with Gasteiger partial charge in [-0.1, -0.05) is 30.3 Å². The maximum atomic E-state index is 13.8. The van der Waals surface area contributed by atoms with E-state index in [2.05, 4.69) is 0 Å². The Bertz CT molecular complexity index is 1310. The monoisotopic (exact) mass is 540 g/mol. The van der Waals surface area contributed by atoms with Gasteiger partial charge < -0.3 is 21.7 Å². The standard InChI is InChI=1S/C20H12F12N2O2/c21-17(22,23)15(35,18(24,25)26)12-10(33)6-5-8-7-3-1-2-4-9(7)14(34)13(11(8)12)16(36,19(27,28)29)20(30,31)32/h1-6,35-36H,33-34H2. The lowest BCUT2D eigenvalue weighted by Crippen LogP contribution is -2.56. The van der Waals surface area contributed by atoms with Crippen LogP contribution in [-0.4, -0.2) is 34.9 Å². The molecule has 3 aromatic rings. The lowest BCUT2D eigenvalue weighted by Gasteiger charge is -2.38. The summed E-state index contributed by atoms with van der Waals surface area (Å²) in [5.74, 6) is 0. The van der Waals surface area contributed by atoms with E-state index in [1.807, 2.05) is 0 Å². The predicted molar refractivity (Wildman–Crippen MR) is 102 cm³/mol. The van der Waals surface area contributed by atoms with Gasteiger partial charge in [0.05, 0.1) is 0 Å². The van der Waals surface area contributed by atoms with E-state index < -0.39 is 80.0 Å². The molecule has 3 aromatic carbocycles. The largest absolute Gasteiger partial charge is 0.430 e. The summed E-state index contributed by atoms with van der Waals surface area (Å²) in [7, 11) is 0. The minimum absolute atomic E-state index is 0.326. The van der Waals surface area contributed by atoms with E-state index in [-0.39, 0.29) is 0 Å². The first-order chi connectivity index (χ1) is 16.0. The van der Waals surface area contributed by atoms with Gasteiger partial charge in [-0.3, -0.25) is 0 Å². The second-order valence-electron chi connectivity index (χ2n) is 7.70. The van der Waals surface area contributed by atoms with Gasteiger partial charge in [-0.15, -0.1) is 0 Å². The Morgan fingerprint density at radius 1 is 0.500 bits per heavy atom. The Kier molecular flexibility index (Phi) is 5.85. The van der Waals surface area contributed by atoms with Gasteiger partial charge in [0, 0.05) is 33.3 Å². The quantitative estimate of drug-likeness (QED) is 0.188. The van der Waals surface area contributed by atoms with Crippen molar-refractivity contribution in [1.82, 2.24) is 0 Å². The predicted octanol–water partition coefficient (Wildman–Crippen LogP) is 5.78. The van der Waals surface area contributed by atoms with E-state index >= 15 is 0 Å². The summed E-state index contributed by atoms with van der Waals surface area (Å²) in [5, 5.41) is 15.7. The smallest absolute Gasteiger partial charge is 0.398 e. The van der Waals surface area contributed by atoms with E-state index in [1.165, 1.54) is 0 Å². The SMILES string of the molecule is Nc1ccc2c(c1C(O)(C(F)(F)F)C(F)(F)F)c(C(O)(C(F)(F)F)C(F)(F)F)c(N)c1ccccc12. The molecule has 0 unspecified atom stereocenters. The zero-order valence-corrected chi connectivity index (χ0v) is 17.0. The molecule has 0 aromatic heterocycles. The molecular formula is C20H12F12N2O2. The number of hydrogen-bond donors (Lipinski definition) is 4. The van der Waals surface area contributed by atoms with E-state index in [0.29, 0.717) is 12.1 Å². The van der Waals surface area contributed by atoms with Gasteiger partial charge in [0.15, 0.2) is 0 Å². The molecule has 36 heavy (non-hydrogen) atoms. The number of anilines is 2. The molecule has 0 radical (unpaired) electrons. The highest BCUT2D eigenvalue weighted by Gasteiger charge is 2.75. The van der Waals surface area contributed by atoms with Gasteiger partial charge in [-0.25, -0.2) is 0 Å². The molecular weight excluding hydrogens is 528 g/mol. The van der Waals surface area contributed by atoms with Crippen molar-refractivity contribution < 1.29 is 62.9 Å². The fraction of sp³-hybridized carbons (Fsp3) is 0.300. The molecule has 0 bridgehead atoms. The van der Waals surface area contributed by atoms with Gasteiger partial charge in [0.1, 0.15) is 0 Å². The molecule has 0 aliphatic heterocycles. The highest BCUT2D eigenvalue weighted by atomic mass is 19.4. The van der Waals surface area contributed by atoms with Crippen molar-refractivity contribution in [2.75, 3.05) is 11.5 Å². The summed E-state index contributed by atoms with van der Waals surface area (Å²) in [5.41, 5.74) is -9.96. The molecule has 0 fully saturated rings. The molecule has 0 saturated carbocycles. The molecule has 16 heteroatoms. The maximum Gasteiger partial charge on any atom is 0.430 e. The summed E-state index contributed by atoms with van der Waals surface area (Å²) in [6.45, 7) is 0. The average Bonchev–Trinajstić information content (AvgIpc) is 2.70. The van der Waals surface area contributed by atoms with Crippen molar-refractivity contribution >= 4 is 32.9 Å². The molecule has 6 N–H and O–H groups in total. The average molecular weight is 540 g/mol.